The Morgan fingerprint density at radius 3 is 2.50 bits per heavy atom. The summed E-state index contributed by atoms with van der Waals surface area (Å²) >= 11 is 0. The number of nitrogens with zero attached hydrogens (tertiary/aromatic N) is 9. The summed E-state index contributed by atoms with van der Waals surface area (Å²) < 4.78 is 91.2. The summed E-state index contributed by atoms with van der Waals surface area (Å²) in [5.41, 5.74) is 0.819. The van der Waals surface area contributed by atoms with Crippen molar-refractivity contribution in [3.63, 3.8) is 0 Å². The molecule has 2 aliphatic heterocycles. The van der Waals surface area contributed by atoms with Gasteiger partial charge >= 0.3 is 17.6 Å². The number of fused-ring (bicyclic) bond motifs is 3. The Hall–Kier alpha value is -6.64. The second-order valence-corrected chi connectivity index (χ2v) is 18.3. The molecule has 0 radical (unpaired) electrons. The third-order valence-corrected chi connectivity index (χ3v) is 13.8. The van der Waals surface area contributed by atoms with Gasteiger partial charge in [-0.05, 0) is 99.9 Å². The van der Waals surface area contributed by atoms with Gasteiger partial charge in [-0.1, -0.05) is 11.2 Å². The van der Waals surface area contributed by atoms with Gasteiger partial charge in [0.15, 0.2) is 11.6 Å². The van der Waals surface area contributed by atoms with Gasteiger partial charge in [0.1, 0.15) is 17.9 Å². The SMILES string of the molecule is C[C@H]1c2c(nn(-c3ccc(F)c(C(F)(F)F)c3)c2-n2ccn(-c3ccc4c(cnn4C)c3F)c2=O)CCN1C(O)c1cn2cc([C@@H]3CCOC(C)(C)C3)ccc2c1C1(c2noc(=O)[nH]2)CC1. The van der Waals surface area contributed by atoms with E-state index in [0.29, 0.717) is 59.7 Å². The number of rotatable bonds is 8. The highest BCUT2D eigenvalue weighted by Gasteiger charge is 2.53. The van der Waals surface area contributed by atoms with E-state index < -0.39 is 52.5 Å². The molecule has 66 heavy (non-hydrogen) atoms. The third-order valence-electron chi connectivity index (χ3n) is 13.8. The largest absolute Gasteiger partial charge is 0.438 e. The molecule has 2 N–H and O–H groups in total. The van der Waals surface area contributed by atoms with E-state index >= 15 is 4.39 Å². The first-order valence-electron chi connectivity index (χ1n) is 21.6. The van der Waals surface area contributed by atoms with Crippen molar-refractivity contribution < 1.29 is 36.3 Å². The van der Waals surface area contributed by atoms with Gasteiger partial charge < -0.3 is 14.2 Å². The van der Waals surface area contributed by atoms with Crippen molar-refractivity contribution in [3.05, 3.63) is 145 Å². The molecule has 1 aliphatic carbocycles. The van der Waals surface area contributed by atoms with Gasteiger partial charge in [0.25, 0.3) is 0 Å². The number of pyridine rings is 1. The zero-order chi connectivity index (χ0) is 46.2. The number of hydrogen-bond donors (Lipinski definition) is 2. The van der Waals surface area contributed by atoms with Crippen LogP contribution in [0.3, 0.4) is 0 Å². The van der Waals surface area contributed by atoms with Gasteiger partial charge in [-0.25, -0.2) is 23.1 Å². The number of aromatic nitrogens is 9. The Morgan fingerprint density at radius 1 is 1.00 bits per heavy atom. The van der Waals surface area contributed by atoms with E-state index in [1.807, 2.05) is 21.6 Å². The van der Waals surface area contributed by atoms with Crippen molar-refractivity contribution >= 4 is 16.4 Å². The summed E-state index contributed by atoms with van der Waals surface area (Å²) in [7, 11) is 1.66. The van der Waals surface area contributed by atoms with Crippen molar-refractivity contribution in [3.8, 4) is 17.2 Å². The summed E-state index contributed by atoms with van der Waals surface area (Å²) in [5.74, 6) is -2.33. The van der Waals surface area contributed by atoms with Gasteiger partial charge in [-0.15, -0.1) is 0 Å². The lowest BCUT2D eigenvalue weighted by Crippen LogP contribution is -2.38. The zero-order valence-corrected chi connectivity index (χ0v) is 36.1. The van der Waals surface area contributed by atoms with Crippen molar-refractivity contribution in [2.75, 3.05) is 13.2 Å². The molecule has 6 aromatic heterocycles. The number of aliphatic hydroxyl groups is 1. The molecule has 20 heteroatoms. The number of nitrogens with one attached hydrogen (secondary N) is 1. The topological polar surface area (TPSA) is 159 Å². The third kappa shape index (κ3) is 6.51. The normalized spacial score (nSPS) is 20.0. The van der Waals surface area contributed by atoms with Crippen LogP contribution in [0.1, 0.15) is 104 Å². The minimum atomic E-state index is -5.05. The number of alkyl halides is 3. The van der Waals surface area contributed by atoms with Crippen LogP contribution >= 0.6 is 0 Å². The van der Waals surface area contributed by atoms with E-state index in [1.165, 1.54) is 33.9 Å². The monoisotopic (exact) mass is 910 g/mol. The second kappa shape index (κ2) is 14.7. The van der Waals surface area contributed by atoms with Crippen LogP contribution < -0.4 is 11.4 Å². The van der Waals surface area contributed by atoms with Crippen LogP contribution in [0, 0.1) is 11.6 Å². The lowest BCUT2D eigenvalue weighted by Gasteiger charge is -2.37. The fourth-order valence-electron chi connectivity index (χ4n) is 10.4. The predicted octanol–water partition coefficient (Wildman–Crippen LogP) is 7.29. The fourth-order valence-corrected chi connectivity index (χ4v) is 10.4. The number of hydrogen-bond acceptors (Lipinski definition) is 9. The zero-order valence-electron chi connectivity index (χ0n) is 36.1. The summed E-state index contributed by atoms with van der Waals surface area (Å²) in [5, 5.41) is 25.9. The van der Waals surface area contributed by atoms with Gasteiger partial charge in [-0.2, -0.15) is 23.4 Å². The Kier molecular flexibility index (Phi) is 9.35. The van der Waals surface area contributed by atoms with E-state index in [0.717, 1.165) is 44.8 Å². The van der Waals surface area contributed by atoms with Crippen molar-refractivity contribution in [1.29, 1.82) is 0 Å². The van der Waals surface area contributed by atoms with Crippen LogP contribution in [0.15, 0.2) is 87.6 Å². The van der Waals surface area contributed by atoms with Crippen LogP contribution in [0.25, 0.3) is 33.6 Å². The molecular formula is C46H43F5N10O5. The molecule has 2 aromatic carbocycles. The molecule has 2 fully saturated rings. The highest BCUT2D eigenvalue weighted by molar-refractivity contribution is 5.81. The first kappa shape index (κ1) is 42.0. The molecule has 342 valence electrons. The second-order valence-electron chi connectivity index (χ2n) is 18.3. The molecule has 0 amide bonds. The summed E-state index contributed by atoms with van der Waals surface area (Å²) in [6.07, 6.45) is 4.66. The Bertz CT molecular complexity index is 3360. The summed E-state index contributed by atoms with van der Waals surface area (Å²) in [6, 6.07) is 8.86. The van der Waals surface area contributed by atoms with Crippen molar-refractivity contribution in [1.82, 2.24) is 48.1 Å². The number of H-pyrrole nitrogens is 1. The molecule has 11 rings (SSSR count). The number of aromatic amines is 1. The highest BCUT2D eigenvalue weighted by Crippen LogP contribution is 2.56. The Balaban J connectivity index is 1.06. The summed E-state index contributed by atoms with van der Waals surface area (Å²) in [4.78, 5) is 31.5. The van der Waals surface area contributed by atoms with Gasteiger partial charge in [0, 0.05) is 74.1 Å². The molecule has 1 saturated heterocycles. The lowest BCUT2D eigenvalue weighted by molar-refractivity contribution is -0.140. The van der Waals surface area contributed by atoms with Crippen LogP contribution in [0.5, 0.6) is 0 Å². The maximum Gasteiger partial charge on any atom is 0.438 e. The quantitative estimate of drug-likeness (QED) is 0.150. The van der Waals surface area contributed by atoms with Gasteiger partial charge in [0.2, 0.25) is 0 Å². The van der Waals surface area contributed by atoms with Gasteiger partial charge in [-0.3, -0.25) is 28.2 Å². The molecule has 15 nitrogen and oxygen atoms in total. The van der Waals surface area contributed by atoms with Crippen molar-refractivity contribution in [2.45, 2.75) is 88.3 Å². The molecule has 0 spiro atoms. The molecule has 3 atom stereocenters. The Morgan fingerprint density at radius 2 is 1.77 bits per heavy atom. The van der Waals surface area contributed by atoms with E-state index in [-0.39, 0.29) is 47.1 Å². The first-order valence-corrected chi connectivity index (χ1v) is 21.6. The maximum absolute atomic E-state index is 16.1. The first-order chi connectivity index (χ1) is 31.4. The number of aryl methyl sites for hydroxylation is 1. The number of imidazole rings is 1. The minimum absolute atomic E-state index is 0.0193. The molecule has 8 aromatic rings. The summed E-state index contributed by atoms with van der Waals surface area (Å²) in [6.45, 7) is 6.78. The Labute approximate surface area is 371 Å². The van der Waals surface area contributed by atoms with Crippen molar-refractivity contribution in [2.24, 2.45) is 7.05 Å². The number of benzene rings is 2. The smallest absolute Gasteiger partial charge is 0.376 e. The van der Waals surface area contributed by atoms with E-state index in [9.17, 15) is 32.3 Å². The molecule has 0 bridgehead atoms. The average Bonchev–Trinajstić information content (AvgIpc) is 3.73. The molecule has 3 aliphatic rings. The lowest BCUT2D eigenvalue weighted by atomic mass is 9.84. The van der Waals surface area contributed by atoms with E-state index in [1.54, 1.807) is 20.0 Å². The molecule has 1 saturated carbocycles. The van der Waals surface area contributed by atoms with Gasteiger partial charge in [0.05, 0.1) is 50.7 Å². The van der Waals surface area contributed by atoms with Crippen LogP contribution in [-0.2, 0) is 29.8 Å². The van der Waals surface area contributed by atoms with E-state index in [2.05, 4.69) is 41.4 Å². The number of halogens is 5. The highest BCUT2D eigenvalue weighted by atomic mass is 19.4. The fraction of sp³-hybridized carbons (Fsp3) is 0.370. The number of aliphatic hydroxyl groups excluding tert-OH is 1. The van der Waals surface area contributed by atoms with Crippen LogP contribution in [0.4, 0.5) is 22.0 Å². The molecule has 8 heterocycles. The maximum atomic E-state index is 16.1. The standard InChI is InChI=1S/C46H43F5N10O5/c1-24-36-32(54-61(27-6-7-31(47)30(19-27)46(49,50)51)39(36)60-17-16-59(43(60)64)35-10-9-33-28(38(35)48)21-52-56(33)4)11-15-58(24)40(62)29-23-57-22-26(25-12-18-65-44(2,3)20-25)5-8-34(57)37(29)45(13-14-45)41-53-42(63)66-55-41/h5-10,16-17,19,21-25,40,62H,11-15,18,20H2,1-4H3,(H,53,55,63)/t24-,25+,40?/m0/s1. The molecular weight excluding hydrogens is 868 g/mol. The number of ether oxygens (including phenoxy) is 1. The van der Waals surface area contributed by atoms with Crippen LogP contribution in [0.2, 0.25) is 0 Å². The van der Waals surface area contributed by atoms with Crippen LogP contribution in [-0.4, -0.2) is 72.0 Å². The minimum Gasteiger partial charge on any atom is -0.376 e. The molecule has 1 unspecified atom stereocenters. The average molecular weight is 911 g/mol. The predicted molar refractivity (Wildman–Crippen MR) is 228 cm³/mol. The van der Waals surface area contributed by atoms with E-state index in [4.69, 9.17) is 14.4 Å².